The zero-order chi connectivity index (χ0) is 19.0. The summed E-state index contributed by atoms with van der Waals surface area (Å²) in [5.41, 5.74) is 0. The minimum atomic E-state index is 0.476. The van der Waals surface area contributed by atoms with Crippen LogP contribution in [0.2, 0.25) is 0 Å². The number of nitrogens with one attached hydrogen (secondary N) is 2. The fourth-order valence-corrected chi connectivity index (χ4v) is 4.22. The minimum absolute atomic E-state index is 0.476. The number of hydrogen-bond donors (Lipinski definition) is 2. The van der Waals surface area contributed by atoms with Crippen LogP contribution in [0.15, 0.2) is 37.5 Å². The molecule has 0 spiro atoms. The molecule has 0 aliphatic heterocycles. The molecule has 0 saturated heterocycles. The van der Waals surface area contributed by atoms with Crippen molar-refractivity contribution < 1.29 is 0 Å². The van der Waals surface area contributed by atoms with Gasteiger partial charge in [0, 0.05) is 12.1 Å². The summed E-state index contributed by atoms with van der Waals surface area (Å²) in [7, 11) is 0. The van der Waals surface area contributed by atoms with Crippen molar-refractivity contribution in [1.29, 1.82) is 0 Å². The molecule has 0 radical (unpaired) electrons. The zero-order valence-electron chi connectivity index (χ0n) is 16.1. The maximum absolute atomic E-state index is 4.16. The summed E-state index contributed by atoms with van der Waals surface area (Å²) >= 11 is 0. The molecular formula is C20H28N8. The third-order valence-electron chi connectivity index (χ3n) is 5.85. The largest absolute Gasteiger partial charge is 0.351 e. The standard InChI is InChI=1S/C20H28N8/c1(15-3-7-17(8-4-15)27-19-23-11-21-12-24-19)2-16-5-9-18(10-6-16)28-20-25-13-22-14-26-20/h1-2,11-18H,3-10H2,(H,21,23,24,27)(H,22,25,26,28). The topological polar surface area (TPSA) is 101 Å². The van der Waals surface area contributed by atoms with Gasteiger partial charge in [-0.3, -0.25) is 0 Å². The van der Waals surface area contributed by atoms with Crippen LogP contribution in [0.5, 0.6) is 0 Å². The van der Waals surface area contributed by atoms with Crippen molar-refractivity contribution in [3.63, 3.8) is 0 Å². The molecule has 0 aromatic carbocycles. The molecule has 148 valence electrons. The Morgan fingerprint density at radius 2 is 0.929 bits per heavy atom. The van der Waals surface area contributed by atoms with Crippen molar-refractivity contribution in [2.75, 3.05) is 10.6 Å². The van der Waals surface area contributed by atoms with Gasteiger partial charge in [-0.05, 0) is 63.2 Å². The maximum Gasteiger partial charge on any atom is 0.225 e. The number of aromatic nitrogens is 6. The highest BCUT2D eigenvalue weighted by Gasteiger charge is 2.22. The summed E-state index contributed by atoms with van der Waals surface area (Å²) in [6.07, 6.45) is 20.7. The van der Waals surface area contributed by atoms with Crippen LogP contribution in [0, 0.1) is 11.8 Å². The van der Waals surface area contributed by atoms with Gasteiger partial charge in [0.2, 0.25) is 11.9 Å². The Balaban J connectivity index is 1.16. The van der Waals surface area contributed by atoms with Crippen LogP contribution in [0.25, 0.3) is 0 Å². The van der Waals surface area contributed by atoms with Crippen molar-refractivity contribution in [2.24, 2.45) is 11.8 Å². The van der Waals surface area contributed by atoms with Crippen molar-refractivity contribution in [3.8, 4) is 0 Å². The van der Waals surface area contributed by atoms with Crippen LogP contribution in [0.1, 0.15) is 51.4 Å². The van der Waals surface area contributed by atoms with Gasteiger partial charge in [0.15, 0.2) is 0 Å². The van der Waals surface area contributed by atoms with Crippen molar-refractivity contribution in [3.05, 3.63) is 37.5 Å². The first-order valence-corrected chi connectivity index (χ1v) is 10.3. The van der Waals surface area contributed by atoms with E-state index in [1.54, 1.807) is 0 Å². The van der Waals surface area contributed by atoms with Crippen LogP contribution in [-0.4, -0.2) is 42.0 Å². The van der Waals surface area contributed by atoms with Crippen LogP contribution in [-0.2, 0) is 0 Å². The van der Waals surface area contributed by atoms with E-state index in [2.05, 4.69) is 52.7 Å². The van der Waals surface area contributed by atoms with Gasteiger partial charge in [-0.1, -0.05) is 12.2 Å². The molecule has 2 aromatic rings. The lowest BCUT2D eigenvalue weighted by Crippen LogP contribution is -2.27. The summed E-state index contributed by atoms with van der Waals surface area (Å²) < 4.78 is 0. The normalized spacial score (nSPS) is 28.1. The van der Waals surface area contributed by atoms with Gasteiger partial charge in [0.1, 0.15) is 25.3 Å². The Labute approximate surface area is 165 Å². The molecular weight excluding hydrogens is 352 g/mol. The fourth-order valence-electron chi connectivity index (χ4n) is 4.22. The summed E-state index contributed by atoms with van der Waals surface area (Å²) in [4.78, 5) is 24.4. The molecule has 2 aliphatic rings. The Hall–Kier alpha value is -2.64. The molecule has 8 heteroatoms. The molecule has 0 bridgehead atoms. The fraction of sp³-hybridized carbons (Fsp3) is 0.600. The maximum atomic E-state index is 4.16. The lowest BCUT2D eigenvalue weighted by molar-refractivity contribution is 0.373. The molecule has 2 N–H and O–H groups in total. The number of anilines is 2. The van der Waals surface area contributed by atoms with E-state index in [9.17, 15) is 0 Å². The van der Waals surface area contributed by atoms with E-state index >= 15 is 0 Å². The smallest absolute Gasteiger partial charge is 0.225 e. The monoisotopic (exact) mass is 380 g/mol. The van der Waals surface area contributed by atoms with Crippen LogP contribution in [0.3, 0.4) is 0 Å². The average Bonchev–Trinajstić information content (AvgIpc) is 2.76. The quantitative estimate of drug-likeness (QED) is 0.737. The summed E-state index contributed by atoms with van der Waals surface area (Å²) in [6.45, 7) is 0. The van der Waals surface area contributed by atoms with E-state index in [1.165, 1.54) is 76.7 Å². The Morgan fingerprint density at radius 1 is 0.571 bits per heavy atom. The molecule has 0 amide bonds. The molecule has 8 nitrogen and oxygen atoms in total. The van der Waals surface area contributed by atoms with Gasteiger partial charge < -0.3 is 10.6 Å². The van der Waals surface area contributed by atoms with E-state index in [0.29, 0.717) is 35.8 Å². The lowest BCUT2D eigenvalue weighted by Gasteiger charge is -2.29. The van der Waals surface area contributed by atoms with E-state index in [1.807, 2.05) is 0 Å². The Kier molecular flexibility index (Phi) is 6.36. The SMILES string of the molecule is C(=CC1CCC(Nc2ncncn2)CC1)C1CCC(Nc2ncncn2)CC1. The van der Waals surface area contributed by atoms with Crippen LogP contribution in [0.4, 0.5) is 11.9 Å². The summed E-state index contributed by atoms with van der Waals surface area (Å²) in [5, 5.41) is 6.85. The second-order valence-electron chi connectivity index (χ2n) is 7.82. The van der Waals surface area contributed by atoms with Gasteiger partial charge in [-0.15, -0.1) is 0 Å². The third-order valence-corrected chi connectivity index (χ3v) is 5.85. The molecule has 2 aliphatic carbocycles. The van der Waals surface area contributed by atoms with Crippen molar-refractivity contribution in [2.45, 2.75) is 63.5 Å². The van der Waals surface area contributed by atoms with Crippen molar-refractivity contribution >= 4 is 11.9 Å². The van der Waals surface area contributed by atoms with Crippen LogP contribution < -0.4 is 10.6 Å². The van der Waals surface area contributed by atoms with E-state index in [0.717, 1.165) is 0 Å². The Morgan fingerprint density at radius 3 is 1.29 bits per heavy atom. The second kappa shape index (κ2) is 9.52. The number of allylic oxidation sites excluding steroid dienone is 2. The molecule has 0 unspecified atom stereocenters. The average molecular weight is 381 g/mol. The van der Waals surface area contributed by atoms with Gasteiger partial charge in [0.05, 0.1) is 0 Å². The van der Waals surface area contributed by atoms with Gasteiger partial charge in [0.25, 0.3) is 0 Å². The molecule has 4 rings (SSSR count). The van der Waals surface area contributed by atoms with Gasteiger partial charge in [-0.2, -0.15) is 0 Å². The van der Waals surface area contributed by atoms with Gasteiger partial charge in [-0.25, -0.2) is 29.9 Å². The first-order valence-electron chi connectivity index (χ1n) is 10.3. The highest BCUT2D eigenvalue weighted by molar-refractivity contribution is 5.24. The van der Waals surface area contributed by atoms with E-state index in [4.69, 9.17) is 0 Å². The highest BCUT2D eigenvalue weighted by Crippen LogP contribution is 2.30. The molecule has 2 aromatic heterocycles. The first-order chi connectivity index (χ1) is 13.8. The minimum Gasteiger partial charge on any atom is -0.351 e. The number of hydrogen-bond acceptors (Lipinski definition) is 8. The number of rotatable bonds is 6. The summed E-state index contributed by atoms with van der Waals surface area (Å²) in [5.74, 6) is 2.79. The highest BCUT2D eigenvalue weighted by atomic mass is 15.1. The second-order valence-corrected chi connectivity index (χ2v) is 7.82. The predicted octanol–water partition coefficient (Wildman–Crippen LogP) is 3.25. The molecule has 2 fully saturated rings. The molecule has 2 saturated carbocycles. The summed E-state index contributed by atoms with van der Waals surface area (Å²) in [6, 6.07) is 0.952. The molecule has 0 atom stereocenters. The zero-order valence-corrected chi connectivity index (χ0v) is 16.1. The van der Waals surface area contributed by atoms with Crippen LogP contribution >= 0.6 is 0 Å². The Bertz CT molecular complexity index is 659. The molecule has 28 heavy (non-hydrogen) atoms. The predicted molar refractivity (Wildman–Crippen MR) is 108 cm³/mol. The first kappa shape index (κ1) is 18.7. The van der Waals surface area contributed by atoms with E-state index < -0.39 is 0 Å². The van der Waals surface area contributed by atoms with Crippen molar-refractivity contribution in [1.82, 2.24) is 29.9 Å². The third kappa shape index (κ3) is 5.43. The molecule has 2 heterocycles. The lowest BCUT2D eigenvalue weighted by atomic mass is 9.82. The van der Waals surface area contributed by atoms with Gasteiger partial charge >= 0.3 is 0 Å². The van der Waals surface area contributed by atoms with E-state index in [-0.39, 0.29) is 0 Å². The number of nitrogens with zero attached hydrogens (tertiary/aromatic N) is 6.